The topological polar surface area (TPSA) is 105 Å². The molecule has 0 bridgehead atoms. The molecule has 0 aliphatic rings. The van der Waals surface area contributed by atoms with Crippen LogP contribution in [-0.4, -0.2) is 33.2 Å². The van der Waals surface area contributed by atoms with Crippen LogP contribution in [0.3, 0.4) is 0 Å². The number of aliphatic carboxylic acids is 1. The van der Waals surface area contributed by atoms with E-state index in [0.717, 1.165) is 5.56 Å². The van der Waals surface area contributed by atoms with Crippen molar-refractivity contribution in [3.8, 4) is 11.4 Å². The van der Waals surface area contributed by atoms with Crippen LogP contribution < -0.4 is 5.32 Å². The van der Waals surface area contributed by atoms with Gasteiger partial charge in [0, 0.05) is 29.5 Å². The highest BCUT2D eigenvalue weighted by atomic mass is 35.5. The molecule has 1 amide bonds. The third kappa shape index (κ3) is 4.79. The largest absolute Gasteiger partial charge is 0.481 e. The van der Waals surface area contributed by atoms with Gasteiger partial charge in [0.15, 0.2) is 0 Å². The summed E-state index contributed by atoms with van der Waals surface area (Å²) in [7, 11) is 0. The maximum absolute atomic E-state index is 11.9. The Morgan fingerprint density at radius 3 is 2.58 bits per heavy atom. The van der Waals surface area contributed by atoms with Gasteiger partial charge in [-0.05, 0) is 38.1 Å². The first-order chi connectivity index (χ1) is 11.4. The van der Waals surface area contributed by atoms with Crippen LogP contribution in [0.2, 0.25) is 5.02 Å². The van der Waals surface area contributed by atoms with Crippen molar-refractivity contribution in [2.75, 3.05) is 0 Å². The molecule has 1 heterocycles. The first kappa shape index (κ1) is 17.9. The van der Waals surface area contributed by atoms with E-state index in [0.29, 0.717) is 16.7 Å². The molecule has 2 aromatic rings. The van der Waals surface area contributed by atoms with Gasteiger partial charge in [-0.25, -0.2) is 0 Å². The average Bonchev–Trinajstić information content (AvgIpc) is 3.01. The summed E-state index contributed by atoms with van der Waals surface area (Å²) < 4.78 is 5.12. The van der Waals surface area contributed by atoms with Gasteiger partial charge >= 0.3 is 5.97 Å². The van der Waals surface area contributed by atoms with E-state index in [2.05, 4.69) is 15.5 Å². The SMILES string of the molecule is CC(NC(=O)CCc1nc(-c2ccc(Cl)cc2)no1)C(C)C(=O)O. The van der Waals surface area contributed by atoms with Crippen LogP contribution in [0.15, 0.2) is 28.8 Å². The van der Waals surface area contributed by atoms with Crippen molar-refractivity contribution in [1.29, 1.82) is 0 Å². The van der Waals surface area contributed by atoms with E-state index in [1.54, 1.807) is 38.1 Å². The molecule has 7 nitrogen and oxygen atoms in total. The highest BCUT2D eigenvalue weighted by Crippen LogP contribution is 2.19. The fourth-order valence-corrected chi connectivity index (χ4v) is 2.08. The quantitative estimate of drug-likeness (QED) is 0.794. The van der Waals surface area contributed by atoms with Crippen molar-refractivity contribution in [3.63, 3.8) is 0 Å². The van der Waals surface area contributed by atoms with Crippen molar-refractivity contribution >= 4 is 23.5 Å². The molecule has 8 heteroatoms. The lowest BCUT2D eigenvalue weighted by Gasteiger charge is -2.17. The second kappa shape index (κ2) is 7.92. The van der Waals surface area contributed by atoms with Gasteiger partial charge in [-0.1, -0.05) is 16.8 Å². The molecule has 1 aromatic carbocycles. The Bertz CT molecular complexity index is 714. The molecule has 0 aliphatic heterocycles. The van der Waals surface area contributed by atoms with E-state index in [9.17, 15) is 9.59 Å². The molecule has 0 aliphatic carbocycles. The molecular weight excluding hydrogens is 334 g/mol. The van der Waals surface area contributed by atoms with Crippen molar-refractivity contribution in [1.82, 2.24) is 15.5 Å². The van der Waals surface area contributed by atoms with E-state index < -0.39 is 17.9 Å². The van der Waals surface area contributed by atoms with Crippen LogP contribution in [0.4, 0.5) is 0 Å². The summed E-state index contributed by atoms with van der Waals surface area (Å²) in [6.45, 7) is 3.20. The maximum atomic E-state index is 11.9. The van der Waals surface area contributed by atoms with Crippen LogP contribution in [0.25, 0.3) is 11.4 Å². The number of nitrogens with zero attached hydrogens (tertiary/aromatic N) is 2. The van der Waals surface area contributed by atoms with Crippen molar-refractivity contribution in [3.05, 3.63) is 35.2 Å². The zero-order valence-corrected chi connectivity index (χ0v) is 14.1. The van der Waals surface area contributed by atoms with Gasteiger partial charge in [0.05, 0.1) is 5.92 Å². The van der Waals surface area contributed by atoms with Gasteiger partial charge in [-0.15, -0.1) is 0 Å². The third-order valence-electron chi connectivity index (χ3n) is 3.66. The first-order valence-electron chi connectivity index (χ1n) is 7.47. The Morgan fingerprint density at radius 1 is 1.29 bits per heavy atom. The Morgan fingerprint density at radius 2 is 1.96 bits per heavy atom. The summed E-state index contributed by atoms with van der Waals surface area (Å²) >= 11 is 5.83. The van der Waals surface area contributed by atoms with Gasteiger partial charge < -0.3 is 14.9 Å². The van der Waals surface area contributed by atoms with E-state index in [1.165, 1.54) is 0 Å². The number of halogens is 1. The summed E-state index contributed by atoms with van der Waals surface area (Å²) in [4.78, 5) is 27.0. The van der Waals surface area contributed by atoms with Crippen molar-refractivity contribution < 1.29 is 19.2 Å². The zero-order chi connectivity index (χ0) is 17.7. The smallest absolute Gasteiger partial charge is 0.308 e. The van der Waals surface area contributed by atoms with Gasteiger partial charge in [0.25, 0.3) is 0 Å². The first-order valence-corrected chi connectivity index (χ1v) is 7.85. The molecule has 24 heavy (non-hydrogen) atoms. The number of rotatable bonds is 7. The monoisotopic (exact) mass is 351 g/mol. The normalized spacial score (nSPS) is 13.3. The van der Waals surface area contributed by atoms with Crippen molar-refractivity contribution in [2.45, 2.75) is 32.7 Å². The standard InChI is InChI=1S/C16H18ClN3O4/c1-9(16(22)23)10(2)18-13(21)7-8-14-19-15(20-24-14)11-3-5-12(17)6-4-11/h3-6,9-10H,7-8H2,1-2H3,(H,18,21)(H,22,23). The molecule has 0 fully saturated rings. The number of aromatic nitrogens is 2. The highest BCUT2D eigenvalue weighted by Gasteiger charge is 2.21. The molecule has 0 saturated heterocycles. The van der Waals surface area contributed by atoms with E-state index in [-0.39, 0.29) is 18.7 Å². The molecule has 2 atom stereocenters. The van der Waals surface area contributed by atoms with E-state index >= 15 is 0 Å². The number of benzene rings is 1. The molecule has 1 aromatic heterocycles. The summed E-state index contributed by atoms with van der Waals surface area (Å²) in [6.07, 6.45) is 0.416. The summed E-state index contributed by atoms with van der Waals surface area (Å²) in [5.41, 5.74) is 0.766. The van der Waals surface area contributed by atoms with E-state index in [1.807, 2.05) is 0 Å². The minimum absolute atomic E-state index is 0.138. The molecule has 2 unspecified atom stereocenters. The second-order valence-electron chi connectivity index (χ2n) is 5.50. The molecule has 0 radical (unpaired) electrons. The van der Waals surface area contributed by atoms with Crippen molar-refractivity contribution in [2.24, 2.45) is 5.92 Å². The van der Waals surface area contributed by atoms with Gasteiger partial charge in [0.1, 0.15) is 0 Å². The Kier molecular flexibility index (Phi) is 5.92. The average molecular weight is 352 g/mol. The minimum Gasteiger partial charge on any atom is -0.481 e. The number of carboxylic acid groups (broad SMARTS) is 1. The molecular formula is C16H18ClN3O4. The summed E-state index contributed by atoms with van der Waals surface area (Å²) in [6, 6.07) is 6.55. The number of hydrogen-bond donors (Lipinski definition) is 2. The Balaban J connectivity index is 1.87. The zero-order valence-electron chi connectivity index (χ0n) is 13.3. The lowest BCUT2D eigenvalue weighted by molar-refractivity contribution is -0.142. The minimum atomic E-state index is -0.952. The summed E-state index contributed by atoms with van der Waals surface area (Å²) in [5.74, 6) is -1.10. The molecule has 2 N–H and O–H groups in total. The third-order valence-corrected chi connectivity index (χ3v) is 3.92. The number of carboxylic acids is 1. The Labute approximate surface area is 144 Å². The van der Waals surface area contributed by atoms with Crippen LogP contribution in [0, 0.1) is 5.92 Å². The lowest BCUT2D eigenvalue weighted by atomic mass is 10.0. The second-order valence-corrected chi connectivity index (χ2v) is 5.94. The molecule has 2 rings (SSSR count). The lowest BCUT2D eigenvalue weighted by Crippen LogP contribution is -2.40. The van der Waals surface area contributed by atoms with Crippen LogP contribution in [-0.2, 0) is 16.0 Å². The van der Waals surface area contributed by atoms with Crippen LogP contribution in [0.5, 0.6) is 0 Å². The molecule has 128 valence electrons. The van der Waals surface area contributed by atoms with Crippen LogP contribution in [0.1, 0.15) is 26.2 Å². The van der Waals surface area contributed by atoms with Gasteiger partial charge in [-0.3, -0.25) is 9.59 Å². The number of hydrogen-bond acceptors (Lipinski definition) is 5. The predicted octanol–water partition coefficient (Wildman–Crippen LogP) is 2.55. The maximum Gasteiger partial charge on any atom is 0.308 e. The van der Waals surface area contributed by atoms with Gasteiger partial charge in [-0.2, -0.15) is 4.98 Å². The number of nitrogens with one attached hydrogen (secondary N) is 1. The van der Waals surface area contributed by atoms with Crippen LogP contribution >= 0.6 is 11.6 Å². The number of carbonyl (C=O) groups is 2. The number of amides is 1. The molecule has 0 saturated carbocycles. The number of carbonyl (C=O) groups excluding carboxylic acids is 1. The highest BCUT2D eigenvalue weighted by molar-refractivity contribution is 6.30. The Hall–Kier alpha value is -2.41. The molecule has 0 spiro atoms. The number of aryl methyl sites for hydroxylation is 1. The van der Waals surface area contributed by atoms with E-state index in [4.69, 9.17) is 21.2 Å². The predicted molar refractivity (Wildman–Crippen MR) is 87.5 cm³/mol. The fraction of sp³-hybridized carbons (Fsp3) is 0.375. The van der Waals surface area contributed by atoms with Gasteiger partial charge in [0.2, 0.25) is 17.6 Å². The summed E-state index contributed by atoms with van der Waals surface area (Å²) in [5, 5.41) is 16.0. The fourth-order valence-electron chi connectivity index (χ4n) is 1.96.